The fraction of sp³-hybridized carbons (Fsp3) is 0.286. The number of nitrogens with one attached hydrogen (secondary N) is 1. The zero-order chi connectivity index (χ0) is 15.6. The lowest BCUT2D eigenvalue weighted by Crippen LogP contribution is -2.27. The predicted molar refractivity (Wildman–Crippen MR) is 82.9 cm³/mol. The Hall–Kier alpha value is -2.68. The zero-order valence-electron chi connectivity index (χ0n) is 12.0. The monoisotopic (exact) mass is 327 g/mol. The summed E-state index contributed by atoms with van der Waals surface area (Å²) >= 11 is 1.43. The highest BCUT2D eigenvalue weighted by Crippen LogP contribution is 2.42. The Morgan fingerprint density at radius 3 is 2.78 bits per heavy atom. The van der Waals surface area contributed by atoms with Gasteiger partial charge in [0.15, 0.2) is 6.04 Å². The molecule has 0 spiro atoms. The van der Waals surface area contributed by atoms with E-state index in [1.165, 1.54) is 22.3 Å². The van der Waals surface area contributed by atoms with Gasteiger partial charge in [-0.05, 0) is 28.8 Å². The quantitative estimate of drug-likeness (QED) is 0.765. The van der Waals surface area contributed by atoms with E-state index in [-0.39, 0.29) is 5.91 Å². The normalized spacial score (nSPS) is 15.3. The van der Waals surface area contributed by atoms with Crippen LogP contribution in [-0.4, -0.2) is 36.3 Å². The van der Waals surface area contributed by atoms with Gasteiger partial charge in [-0.25, -0.2) is 4.68 Å². The Morgan fingerprint density at radius 2 is 2.09 bits per heavy atom. The maximum Gasteiger partial charge on any atom is 0.255 e. The van der Waals surface area contributed by atoms with Gasteiger partial charge in [0.05, 0.1) is 0 Å². The highest BCUT2D eigenvalue weighted by Gasteiger charge is 2.29. The summed E-state index contributed by atoms with van der Waals surface area (Å²) in [6.45, 7) is 0. The van der Waals surface area contributed by atoms with Gasteiger partial charge in [0, 0.05) is 5.92 Å². The van der Waals surface area contributed by atoms with E-state index in [1.807, 2.05) is 30.3 Å². The average molecular weight is 327 g/mol. The number of hydrogen-bond donors (Lipinski definition) is 1. The van der Waals surface area contributed by atoms with Gasteiger partial charge in [-0.15, -0.1) is 15.3 Å². The van der Waals surface area contributed by atoms with Crippen molar-refractivity contribution in [2.75, 3.05) is 5.32 Å². The number of tetrazole rings is 1. The minimum atomic E-state index is -0.653. The summed E-state index contributed by atoms with van der Waals surface area (Å²) in [5.74, 6) is 0.268. The third kappa shape index (κ3) is 2.95. The van der Waals surface area contributed by atoms with Crippen LogP contribution in [0.1, 0.15) is 35.4 Å². The smallest absolute Gasteiger partial charge is 0.255 e. The lowest BCUT2D eigenvalue weighted by atomic mass is 10.1. The van der Waals surface area contributed by atoms with E-state index >= 15 is 0 Å². The second-order valence-corrected chi connectivity index (χ2v) is 6.32. The van der Waals surface area contributed by atoms with Crippen molar-refractivity contribution in [1.29, 1.82) is 0 Å². The summed E-state index contributed by atoms with van der Waals surface area (Å²) < 4.78 is 1.42. The molecule has 1 aliphatic carbocycles. The molecular weight excluding hydrogens is 314 g/mol. The number of hydrogen-bond acceptors (Lipinski definition) is 7. The van der Waals surface area contributed by atoms with Gasteiger partial charge in [0.25, 0.3) is 5.91 Å². The first-order chi connectivity index (χ1) is 11.3. The number of rotatable bonds is 5. The molecule has 23 heavy (non-hydrogen) atoms. The molecule has 2 heterocycles. The van der Waals surface area contributed by atoms with E-state index in [9.17, 15) is 4.79 Å². The molecule has 1 aliphatic rings. The van der Waals surface area contributed by atoms with Crippen LogP contribution in [0.3, 0.4) is 0 Å². The van der Waals surface area contributed by atoms with Gasteiger partial charge in [-0.1, -0.05) is 41.7 Å². The van der Waals surface area contributed by atoms with E-state index in [4.69, 9.17) is 0 Å². The Balaban J connectivity index is 1.59. The third-order valence-corrected chi connectivity index (χ3v) is 4.59. The minimum absolute atomic E-state index is 0.248. The van der Waals surface area contributed by atoms with Crippen LogP contribution < -0.4 is 5.32 Å². The second kappa shape index (κ2) is 5.84. The molecule has 1 saturated carbocycles. The molecular formula is C14H13N7OS. The van der Waals surface area contributed by atoms with Crippen LogP contribution in [0.25, 0.3) is 0 Å². The number of carbonyl (C=O) groups is 1. The van der Waals surface area contributed by atoms with Crippen LogP contribution in [0.2, 0.25) is 0 Å². The Labute approximate surface area is 135 Å². The Kier molecular flexibility index (Phi) is 3.54. The Bertz CT molecular complexity index is 798. The highest BCUT2D eigenvalue weighted by molar-refractivity contribution is 7.15. The van der Waals surface area contributed by atoms with Crippen LogP contribution in [0, 0.1) is 0 Å². The molecule has 8 nitrogen and oxygen atoms in total. The van der Waals surface area contributed by atoms with Crippen LogP contribution in [-0.2, 0) is 4.79 Å². The van der Waals surface area contributed by atoms with Crippen molar-refractivity contribution in [2.24, 2.45) is 0 Å². The molecule has 0 bridgehead atoms. The topological polar surface area (TPSA) is 98.5 Å². The molecule has 1 amide bonds. The fourth-order valence-electron chi connectivity index (χ4n) is 2.30. The molecule has 2 aromatic heterocycles. The molecule has 1 atom stereocenters. The maximum absolute atomic E-state index is 12.7. The molecule has 0 radical (unpaired) electrons. The number of nitrogens with zero attached hydrogens (tertiary/aromatic N) is 6. The largest absolute Gasteiger partial charge is 0.298 e. The number of amides is 1. The van der Waals surface area contributed by atoms with Gasteiger partial charge < -0.3 is 0 Å². The molecule has 1 N–H and O–H groups in total. The highest BCUT2D eigenvalue weighted by atomic mass is 32.1. The van der Waals surface area contributed by atoms with Gasteiger partial charge in [-0.3, -0.25) is 10.1 Å². The van der Waals surface area contributed by atoms with E-state index < -0.39 is 6.04 Å². The molecule has 4 rings (SSSR count). The first kappa shape index (κ1) is 13.9. The molecule has 1 aromatic carbocycles. The summed E-state index contributed by atoms with van der Waals surface area (Å²) in [5, 5.41) is 23.6. The minimum Gasteiger partial charge on any atom is -0.298 e. The lowest BCUT2D eigenvalue weighted by molar-refractivity contribution is -0.118. The number of aromatic nitrogens is 6. The fourth-order valence-corrected chi connectivity index (χ4v) is 3.22. The maximum atomic E-state index is 12.7. The van der Waals surface area contributed by atoms with Crippen LogP contribution in [0.4, 0.5) is 5.13 Å². The summed E-state index contributed by atoms with van der Waals surface area (Å²) in [6.07, 6.45) is 3.73. The van der Waals surface area contributed by atoms with Gasteiger partial charge in [0.2, 0.25) is 5.13 Å². The first-order valence-electron chi connectivity index (χ1n) is 7.23. The molecule has 116 valence electrons. The van der Waals surface area contributed by atoms with Crippen molar-refractivity contribution in [1.82, 2.24) is 30.4 Å². The first-order valence-corrected chi connectivity index (χ1v) is 8.04. The molecule has 9 heteroatoms. The van der Waals surface area contributed by atoms with E-state index in [2.05, 4.69) is 31.0 Å². The summed E-state index contributed by atoms with van der Waals surface area (Å²) in [5.41, 5.74) is 0.796. The van der Waals surface area contributed by atoms with Crippen molar-refractivity contribution in [3.05, 3.63) is 47.2 Å². The van der Waals surface area contributed by atoms with Crippen LogP contribution in [0.5, 0.6) is 0 Å². The van der Waals surface area contributed by atoms with Crippen molar-refractivity contribution in [2.45, 2.75) is 24.8 Å². The lowest BCUT2D eigenvalue weighted by Gasteiger charge is -2.15. The average Bonchev–Trinajstić information content (AvgIpc) is 3.08. The molecule has 0 unspecified atom stereocenters. The van der Waals surface area contributed by atoms with Crippen molar-refractivity contribution in [3.8, 4) is 0 Å². The number of anilines is 1. The van der Waals surface area contributed by atoms with Crippen LogP contribution >= 0.6 is 11.3 Å². The van der Waals surface area contributed by atoms with Crippen molar-refractivity contribution < 1.29 is 4.79 Å². The molecule has 0 aliphatic heterocycles. The Morgan fingerprint density at radius 1 is 1.26 bits per heavy atom. The summed E-state index contributed by atoms with van der Waals surface area (Å²) in [6, 6.07) is 8.71. The second-order valence-electron chi connectivity index (χ2n) is 5.31. The number of benzene rings is 1. The number of carbonyl (C=O) groups excluding carboxylic acids is 1. The van der Waals surface area contributed by atoms with Crippen molar-refractivity contribution >= 4 is 22.4 Å². The summed E-state index contributed by atoms with van der Waals surface area (Å²) in [7, 11) is 0. The SMILES string of the molecule is O=C(Nc1nnc(C2CC2)s1)[C@H](c1ccccc1)n1cnnn1. The van der Waals surface area contributed by atoms with E-state index in [0.717, 1.165) is 23.4 Å². The zero-order valence-corrected chi connectivity index (χ0v) is 12.8. The molecule has 0 saturated heterocycles. The van der Waals surface area contributed by atoms with Gasteiger partial charge in [0.1, 0.15) is 11.3 Å². The summed E-state index contributed by atoms with van der Waals surface area (Å²) in [4.78, 5) is 12.7. The standard InChI is InChI=1S/C14H13N7OS/c22-12(16-14-18-17-13(23-14)10-6-7-10)11(21-8-15-19-20-21)9-4-2-1-3-5-9/h1-5,8,10-11H,6-7H2,(H,16,18,22)/t11-/m0/s1. The van der Waals surface area contributed by atoms with E-state index in [0.29, 0.717) is 11.0 Å². The van der Waals surface area contributed by atoms with Gasteiger partial charge in [-0.2, -0.15) is 0 Å². The molecule has 1 fully saturated rings. The molecule has 3 aromatic rings. The third-order valence-electron chi connectivity index (χ3n) is 3.59. The van der Waals surface area contributed by atoms with Gasteiger partial charge >= 0.3 is 0 Å². The predicted octanol–water partition coefficient (Wildman–Crippen LogP) is 1.63. The van der Waals surface area contributed by atoms with Crippen molar-refractivity contribution in [3.63, 3.8) is 0 Å². The van der Waals surface area contributed by atoms with E-state index in [1.54, 1.807) is 0 Å². The van der Waals surface area contributed by atoms with Crippen LogP contribution in [0.15, 0.2) is 36.7 Å².